The number of carbonyl (C=O) groups excluding carboxylic acids is 1. The Labute approximate surface area is 175 Å². The fourth-order valence-electron chi connectivity index (χ4n) is 2.74. The van der Waals surface area contributed by atoms with Crippen molar-refractivity contribution in [3.05, 3.63) is 76.0 Å². The number of rotatable bonds is 4. The quantitative estimate of drug-likeness (QED) is 0.451. The Bertz CT molecular complexity index is 1110. The molecule has 3 rings (SSSR count). The summed E-state index contributed by atoms with van der Waals surface area (Å²) >= 11 is 0.411. The fraction of sp³-hybridized carbons (Fsp3) is 0.200. The zero-order valence-electron chi connectivity index (χ0n) is 15.6. The van der Waals surface area contributed by atoms with Gasteiger partial charge in [0.1, 0.15) is 15.7 Å². The normalized spacial score (nSPS) is 13.2. The maximum absolute atomic E-state index is 13.4. The summed E-state index contributed by atoms with van der Waals surface area (Å²) in [6, 6.07) is 7.79. The summed E-state index contributed by atoms with van der Waals surface area (Å²) in [5.41, 5.74) is -2.29. The van der Waals surface area contributed by atoms with Crippen LogP contribution in [-0.4, -0.2) is 10.9 Å². The van der Waals surface area contributed by atoms with E-state index < -0.39 is 46.3 Å². The number of halogens is 7. The first-order valence-corrected chi connectivity index (χ1v) is 9.50. The summed E-state index contributed by atoms with van der Waals surface area (Å²) in [4.78, 5) is 15.2. The van der Waals surface area contributed by atoms with Gasteiger partial charge in [-0.25, -0.2) is 9.37 Å². The van der Waals surface area contributed by atoms with Gasteiger partial charge in [-0.2, -0.15) is 26.3 Å². The summed E-state index contributed by atoms with van der Waals surface area (Å²) in [6.45, 7) is 1.34. The molecule has 1 aromatic heterocycles. The molecule has 31 heavy (non-hydrogen) atoms. The molecule has 0 aliphatic carbocycles. The highest BCUT2D eigenvalue weighted by Crippen LogP contribution is 2.38. The molecule has 3 aromatic rings. The molecular weight excluding hydrogens is 449 g/mol. The molecule has 0 bridgehead atoms. The number of alkyl halides is 6. The minimum Gasteiger partial charge on any atom is -0.345 e. The highest BCUT2D eigenvalue weighted by Gasteiger charge is 2.40. The smallest absolute Gasteiger partial charge is 0.345 e. The van der Waals surface area contributed by atoms with Gasteiger partial charge in [0.15, 0.2) is 5.69 Å². The van der Waals surface area contributed by atoms with Gasteiger partial charge < -0.3 is 5.32 Å². The molecular formula is C20H13F7N2OS. The van der Waals surface area contributed by atoms with Crippen LogP contribution in [0.25, 0.3) is 10.6 Å². The number of carbonyl (C=O) groups is 1. The summed E-state index contributed by atoms with van der Waals surface area (Å²) < 4.78 is 92.4. The second-order valence-electron chi connectivity index (χ2n) is 6.52. The van der Waals surface area contributed by atoms with E-state index in [0.717, 1.165) is 30.3 Å². The zero-order valence-corrected chi connectivity index (χ0v) is 16.4. The van der Waals surface area contributed by atoms with E-state index in [4.69, 9.17) is 0 Å². The standard InChI is InChI=1S/C20H13F7N2OS/c1-10(11-4-2-6-13(8-11)19(22,23)24)28-17(30)15-16(20(25,26)27)29-18(31-15)12-5-3-7-14(21)9-12/h2-10H,1H3,(H,28,30). The van der Waals surface area contributed by atoms with E-state index in [0.29, 0.717) is 11.3 Å². The molecule has 0 aliphatic rings. The molecule has 1 N–H and O–H groups in total. The maximum Gasteiger partial charge on any atom is 0.435 e. The highest BCUT2D eigenvalue weighted by atomic mass is 32.1. The number of nitrogens with zero attached hydrogens (tertiary/aromatic N) is 1. The van der Waals surface area contributed by atoms with Gasteiger partial charge in [0.2, 0.25) is 0 Å². The average Bonchev–Trinajstić information content (AvgIpc) is 3.13. The lowest BCUT2D eigenvalue weighted by Crippen LogP contribution is -2.28. The van der Waals surface area contributed by atoms with Crippen LogP contribution < -0.4 is 5.32 Å². The van der Waals surface area contributed by atoms with Crippen molar-refractivity contribution in [2.75, 3.05) is 0 Å². The van der Waals surface area contributed by atoms with Crippen molar-refractivity contribution < 1.29 is 35.5 Å². The van der Waals surface area contributed by atoms with Crippen molar-refractivity contribution in [1.29, 1.82) is 0 Å². The van der Waals surface area contributed by atoms with Gasteiger partial charge in [0.25, 0.3) is 5.91 Å². The molecule has 1 atom stereocenters. The van der Waals surface area contributed by atoms with E-state index in [1.54, 1.807) is 0 Å². The highest BCUT2D eigenvalue weighted by molar-refractivity contribution is 7.17. The van der Waals surface area contributed by atoms with Crippen molar-refractivity contribution in [3.8, 4) is 10.6 Å². The molecule has 0 spiro atoms. The SMILES string of the molecule is CC(NC(=O)c1sc(-c2cccc(F)c2)nc1C(F)(F)F)c1cccc(C(F)(F)F)c1. The molecule has 1 amide bonds. The number of thiazole rings is 1. The fourth-order valence-corrected chi connectivity index (χ4v) is 3.73. The molecule has 164 valence electrons. The third-order valence-corrected chi connectivity index (χ3v) is 5.34. The number of aromatic nitrogens is 1. The van der Waals surface area contributed by atoms with E-state index in [-0.39, 0.29) is 16.1 Å². The number of hydrogen-bond acceptors (Lipinski definition) is 3. The van der Waals surface area contributed by atoms with Crippen LogP contribution in [0.1, 0.15) is 39.5 Å². The van der Waals surface area contributed by atoms with Crippen LogP contribution >= 0.6 is 11.3 Å². The van der Waals surface area contributed by atoms with E-state index in [1.165, 1.54) is 25.1 Å². The predicted molar refractivity (Wildman–Crippen MR) is 99.8 cm³/mol. The Morgan fingerprint density at radius 3 is 2.29 bits per heavy atom. The first-order chi connectivity index (χ1) is 14.4. The summed E-state index contributed by atoms with van der Waals surface area (Å²) in [5, 5.41) is 2.05. The molecule has 1 unspecified atom stereocenters. The molecule has 0 aliphatic heterocycles. The minimum atomic E-state index is -4.96. The summed E-state index contributed by atoms with van der Waals surface area (Å²) in [6.07, 6.45) is -9.57. The number of benzene rings is 2. The lowest BCUT2D eigenvalue weighted by Gasteiger charge is -2.16. The number of hydrogen-bond donors (Lipinski definition) is 1. The first kappa shape index (κ1) is 22.7. The van der Waals surface area contributed by atoms with E-state index in [2.05, 4.69) is 10.3 Å². The molecule has 0 saturated carbocycles. The van der Waals surface area contributed by atoms with E-state index in [1.807, 2.05) is 0 Å². The van der Waals surface area contributed by atoms with Gasteiger partial charge in [0, 0.05) is 5.56 Å². The maximum atomic E-state index is 13.4. The van der Waals surface area contributed by atoms with Crippen LogP contribution in [0, 0.1) is 5.82 Å². The van der Waals surface area contributed by atoms with Crippen LogP contribution in [0.3, 0.4) is 0 Å². The topological polar surface area (TPSA) is 42.0 Å². The monoisotopic (exact) mass is 462 g/mol. The summed E-state index contributed by atoms with van der Waals surface area (Å²) in [7, 11) is 0. The molecule has 3 nitrogen and oxygen atoms in total. The van der Waals surface area contributed by atoms with Gasteiger partial charge in [-0.3, -0.25) is 4.79 Å². The minimum absolute atomic E-state index is 0.0560. The predicted octanol–water partition coefficient (Wildman–Crippen LogP) is 6.48. The lowest BCUT2D eigenvalue weighted by molar-refractivity contribution is -0.141. The lowest BCUT2D eigenvalue weighted by atomic mass is 10.0. The van der Waals surface area contributed by atoms with Crippen LogP contribution in [0.15, 0.2) is 48.5 Å². The Morgan fingerprint density at radius 2 is 1.68 bits per heavy atom. The Hall–Kier alpha value is -2.95. The second-order valence-corrected chi connectivity index (χ2v) is 7.52. The van der Waals surface area contributed by atoms with Gasteiger partial charge in [-0.05, 0) is 36.8 Å². The van der Waals surface area contributed by atoms with E-state index >= 15 is 0 Å². The summed E-state index contributed by atoms with van der Waals surface area (Å²) in [5.74, 6) is -1.84. The average molecular weight is 462 g/mol. The van der Waals surface area contributed by atoms with Gasteiger partial charge in [-0.15, -0.1) is 11.3 Å². The van der Waals surface area contributed by atoms with Crippen molar-refractivity contribution in [1.82, 2.24) is 10.3 Å². The van der Waals surface area contributed by atoms with Crippen molar-refractivity contribution in [3.63, 3.8) is 0 Å². The van der Waals surface area contributed by atoms with Crippen molar-refractivity contribution in [2.24, 2.45) is 0 Å². The Morgan fingerprint density at radius 1 is 1.00 bits per heavy atom. The van der Waals surface area contributed by atoms with Gasteiger partial charge in [0.05, 0.1) is 11.6 Å². The Balaban J connectivity index is 1.92. The van der Waals surface area contributed by atoms with E-state index in [9.17, 15) is 35.5 Å². The van der Waals surface area contributed by atoms with Crippen LogP contribution in [-0.2, 0) is 12.4 Å². The third kappa shape index (κ3) is 5.22. The van der Waals surface area contributed by atoms with Crippen LogP contribution in [0.4, 0.5) is 30.7 Å². The zero-order chi connectivity index (χ0) is 23.0. The van der Waals surface area contributed by atoms with Crippen LogP contribution in [0.5, 0.6) is 0 Å². The molecule has 0 radical (unpaired) electrons. The largest absolute Gasteiger partial charge is 0.435 e. The van der Waals surface area contributed by atoms with Gasteiger partial charge >= 0.3 is 12.4 Å². The van der Waals surface area contributed by atoms with Gasteiger partial charge in [-0.1, -0.05) is 24.3 Å². The second kappa shape index (κ2) is 8.29. The third-order valence-electron chi connectivity index (χ3n) is 4.24. The Kier molecular flexibility index (Phi) is 6.08. The van der Waals surface area contributed by atoms with Crippen molar-refractivity contribution in [2.45, 2.75) is 25.3 Å². The molecule has 0 fully saturated rings. The van der Waals surface area contributed by atoms with Crippen LogP contribution in [0.2, 0.25) is 0 Å². The molecule has 11 heteroatoms. The molecule has 0 saturated heterocycles. The number of amides is 1. The number of nitrogens with one attached hydrogen (secondary N) is 1. The first-order valence-electron chi connectivity index (χ1n) is 8.68. The molecule has 1 heterocycles. The van der Waals surface area contributed by atoms with Crippen molar-refractivity contribution >= 4 is 17.2 Å². The molecule has 2 aromatic carbocycles.